The van der Waals surface area contributed by atoms with Crippen LogP contribution in [0.2, 0.25) is 18.1 Å². The zero-order valence-corrected chi connectivity index (χ0v) is 17.5. The Morgan fingerprint density at radius 3 is 2.00 bits per heavy atom. The highest BCUT2D eigenvalue weighted by atomic mass is 28.4. The van der Waals surface area contributed by atoms with Gasteiger partial charge in [0, 0.05) is 6.61 Å². The predicted molar refractivity (Wildman–Crippen MR) is 102 cm³/mol. The minimum Gasteiger partial charge on any atom is -0.417 e. The van der Waals surface area contributed by atoms with Crippen molar-refractivity contribution < 1.29 is 13.7 Å². The van der Waals surface area contributed by atoms with E-state index in [1.54, 1.807) is 0 Å². The molecule has 5 heteroatoms. The monoisotopic (exact) mass is 338 g/mol. The van der Waals surface area contributed by atoms with Gasteiger partial charge in [-0.2, -0.15) is 0 Å². The first-order valence-corrected chi connectivity index (χ1v) is 11.5. The van der Waals surface area contributed by atoms with Gasteiger partial charge < -0.3 is 13.7 Å². The SMILES string of the molecule is CC1(C)OB(/C=C/C=C/CCO[Si](C)(C)C(C)(C)C)OC1(C)C. The van der Waals surface area contributed by atoms with Crippen LogP contribution in [0.5, 0.6) is 0 Å². The van der Waals surface area contributed by atoms with Crippen molar-refractivity contribution in [2.75, 3.05) is 6.61 Å². The van der Waals surface area contributed by atoms with Gasteiger partial charge in [0.1, 0.15) is 0 Å². The van der Waals surface area contributed by atoms with Crippen molar-refractivity contribution in [3.05, 3.63) is 24.2 Å². The van der Waals surface area contributed by atoms with Crippen molar-refractivity contribution in [2.45, 2.75) is 84.2 Å². The van der Waals surface area contributed by atoms with E-state index in [2.05, 4.69) is 67.6 Å². The van der Waals surface area contributed by atoms with Gasteiger partial charge in [-0.05, 0) is 52.2 Å². The molecule has 132 valence electrons. The lowest BCUT2D eigenvalue weighted by atomic mass is 9.90. The van der Waals surface area contributed by atoms with E-state index in [0.717, 1.165) is 13.0 Å². The van der Waals surface area contributed by atoms with E-state index in [1.165, 1.54) is 0 Å². The average Bonchev–Trinajstić information content (AvgIpc) is 2.55. The Morgan fingerprint density at radius 1 is 1.00 bits per heavy atom. The van der Waals surface area contributed by atoms with Gasteiger partial charge in [0.25, 0.3) is 0 Å². The summed E-state index contributed by atoms with van der Waals surface area (Å²) < 4.78 is 18.0. The fourth-order valence-electron chi connectivity index (χ4n) is 1.90. The molecule has 1 fully saturated rings. The molecule has 0 amide bonds. The zero-order chi connectivity index (χ0) is 17.9. The third kappa shape index (κ3) is 5.59. The molecule has 0 aromatic heterocycles. The van der Waals surface area contributed by atoms with Gasteiger partial charge in [-0.25, -0.2) is 0 Å². The molecule has 0 unspecified atom stereocenters. The Hall–Kier alpha value is -0.358. The van der Waals surface area contributed by atoms with Crippen molar-refractivity contribution in [1.82, 2.24) is 0 Å². The molecule has 1 aliphatic rings. The molecule has 1 rings (SSSR count). The van der Waals surface area contributed by atoms with Crippen molar-refractivity contribution >= 4 is 15.4 Å². The standard InChI is InChI=1S/C18H35BO3Si/c1-16(2,3)23(8,9)20-15-13-11-10-12-14-19-21-17(4,5)18(6,7)22-19/h10-12,14H,13,15H2,1-9H3/b11-10+,14-12+. The summed E-state index contributed by atoms with van der Waals surface area (Å²) in [6.07, 6.45) is 7.10. The largest absolute Gasteiger partial charge is 0.487 e. The lowest BCUT2D eigenvalue weighted by molar-refractivity contribution is 0.00578. The van der Waals surface area contributed by atoms with E-state index in [4.69, 9.17) is 13.7 Å². The minimum absolute atomic E-state index is 0.270. The maximum Gasteiger partial charge on any atom is 0.487 e. The molecule has 3 nitrogen and oxygen atoms in total. The van der Waals surface area contributed by atoms with E-state index in [0.29, 0.717) is 0 Å². The fraction of sp³-hybridized carbons (Fsp3) is 0.778. The minimum atomic E-state index is -1.62. The highest BCUT2D eigenvalue weighted by Gasteiger charge is 2.49. The van der Waals surface area contributed by atoms with E-state index >= 15 is 0 Å². The molecule has 0 bridgehead atoms. The van der Waals surface area contributed by atoms with E-state index in [-0.39, 0.29) is 23.4 Å². The summed E-state index contributed by atoms with van der Waals surface area (Å²) in [5.74, 6) is 1.96. The molecule has 0 spiro atoms. The first kappa shape index (κ1) is 20.7. The lowest BCUT2D eigenvalue weighted by Gasteiger charge is -2.36. The van der Waals surface area contributed by atoms with Crippen molar-refractivity contribution in [3.8, 4) is 0 Å². The van der Waals surface area contributed by atoms with Crippen LogP contribution in [0.25, 0.3) is 0 Å². The van der Waals surface area contributed by atoms with Gasteiger partial charge in [-0.1, -0.05) is 45.0 Å². The van der Waals surface area contributed by atoms with Gasteiger partial charge in [0.05, 0.1) is 11.2 Å². The first-order valence-electron chi connectivity index (χ1n) is 8.61. The topological polar surface area (TPSA) is 27.7 Å². The molecular formula is C18H35BO3Si. The summed E-state index contributed by atoms with van der Waals surface area (Å²) in [6.45, 7) is 20.4. The Balaban J connectivity index is 2.33. The van der Waals surface area contributed by atoms with Gasteiger partial charge in [-0.3, -0.25) is 0 Å². The van der Waals surface area contributed by atoms with Gasteiger partial charge in [0.2, 0.25) is 0 Å². The van der Waals surface area contributed by atoms with Crippen molar-refractivity contribution in [3.63, 3.8) is 0 Å². The molecule has 0 aromatic rings. The van der Waals surface area contributed by atoms with Crippen LogP contribution < -0.4 is 0 Å². The number of allylic oxidation sites excluding steroid dienone is 2. The van der Waals surface area contributed by atoms with Crippen LogP contribution in [-0.4, -0.2) is 33.2 Å². The third-order valence-corrected chi connectivity index (χ3v) is 9.88. The van der Waals surface area contributed by atoms with E-state index < -0.39 is 8.32 Å². The fourth-order valence-corrected chi connectivity index (χ4v) is 2.96. The average molecular weight is 338 g/mol. The van der Waals surface area contributed by atoms with Crippen molar-refractivity contribution in [2.24, 2.45) is 0 Å². The third-order valence-electron chi connectivity index (χ3n) is 5.34. The summed E-state index contributed by atoms with van der Waals surface area (Å²) in [7, 11) is -1.89. The second kappa shape index (κ2) is 7.26. The Kier molecular flexibility index (Phi) is 6.53. The summed E-state index contributed by atoms with van der Waals surface area (Å²) in [4.78, 5) is 0. The number of hydrogen-bond donors (Lipinski definition) is 0. The maximum atomic E-state index is 6.14. The Labute approximate surface area is 144 Å². The second-order valence-corrected chi connectivity index (χ2v) is 13.6. The smallest absolute Gasteiger partial charge is 0.417 e. The van der Waals surface area contributed by atoms with E-state index in [9.17, 15) is 0 Å². The lowest BCUT2D eigenvalue weighted by Crippen LogP contribution is -2.41. The quantitative estimate of drug-likeness (QED) is 0.381. The molecular weight excluding hydrogens is 303 g/mol. The van der Waals surface area contributed by atoms with Crippen LogP contribution in [-0.2, 0) is 13.7 Å². The summed E-state index contributed by atoms with van der Waals surface area (Å²) >= 11 is 0. The molecule has 0 atom stereocenters. The molecule has 23 heavy (non-hydrogen) atoms. The van der Waals surface area contributed by atoms with Gasteiger partial charge >= 0.3 is 7.12 Å². The van der Waals surface area contributed by atoms with Crippen LogP contribution in [0, 0.1) is 0 Å². The number of hydrogen-bond acceptors (Lipinski definition) is 3. The summed E-state index contributed by atoms with van der Waals surface area (Å²) in [5.41, 5.74) is -0.550. The van der Waals surface area contributed by atoms with Crippen LogP contribution in [0.3, 0.4) is 0 Å². The van der Waals surface area contributed by atoms with Gasteiger partial charge in [-0.15, -0.1) is 0 Å². The number of rotatable bonds is 6. The molecule has 1 heterocycles. The Bertz CT molecular complexity index is 432. The van der Waals surface area contributed by atoms with E-state index in [1.807, 2.05) is 18.1 Å². The molecule has 0 aromatic carbocycles. The maximum absolute atomic E-state index is 6.14. The zero-order valence-electron chi connectivity index (χ0n) is 16.5. The molecule has 1 saturated heterocycles. The molecule has 0 N–H and O–H groups in total. The highest BCUT2D eigenvalue weighted by Crippen LogP contribution is 2.37. The van der Waals surface area contributed by atoms with Crippen LogP contribution in [0.4, 0.5) is 0 Å². The molecule has 0 radical (unpaired) electrons. The van der Waals surface area contributed by atoms with Gasteiger partial charge in [0.15, 0.2) is 8.32 Å². The Morgan fingerprint density at radius 2 is 1.52 bits per heavy atom. The molecule has 1 aliphatic heterocycles. The summed E-state index contributed by atoms with van der Waals surface area (Å²) in [6, 6.07) is 0. The van der Waals surface area contributed by atoms with Crippen LogP contribution in [0.1, 0.15) is 54.9 Å². The van der Waals surface area contributed by atoms with Crippen molar-refractivity contribution in [1.29, 1.82) is 0 Å². The molecule has 0 saturated carbocycles. The first-order chi connectivity index (χ1) is 10.3. The summed E-state index contributed by atoms with van der Waals surface area (Å²) in [5, 5.41) is 0.271. The predicted octanol–water partition coefficient (Wildman–Crippen LogP) is 5.14. The highest BCUT2D eigenvalue weighted by molar-refractivity contribution is 6.74. The van der Waals surface area contributed by atoms with Crippen LogP contribution in [0.15, 0.2) is 24.2 Å². The van der Waals surface area contributed by atoms with Crippen LogP contribution >= 0.6 is 0 Å². The molecule has 0 aliphatic carbocycles. The normalized spacial score (nSPS) is 21.7. The second-order valence-electron chi connectivity index (χ2n) is 8.84.